The molecule has 0 spiro atoms. The van der Waals surface area contributed by atoms with E-state index in [9.17, 15) is 19.7 Å². The lowest BCUT2D eigenvalue weighted by Gasteiger charge is -2.17. The molecule has 0 aromatic heterocycles. The van der Waals surface area contributed by atoms with Crippen molar-refractivity contribution in [2.75, 3.05) is 17.2 Å². The number of para-hydroxylation sites is 1. The first-order valence-electron chi connectivity index (χ1n) is 7.68. The van der Waals surface area contributed by atoms with Crippen LogP contribution in [0.4, 0.5) is 17.1 Å². The van der Waals surface area contributed by atoms with E-state index in [0.29, 0.717) is 13.0 Å². The highest BCUT2D eigenvalue weighted by Gasteiger charge is 2.33. The number of nitrogen functional groups attached to an aromatic ring is 1. The SMILES string of the molecule is Nc1ccc(C(=O)N[C@@H]2CCN(c3ccccc3)C2=O)cc1[N+](=O)[O-]. The van der Waals surface area contributed by atoms with Crippen LogP contribution >= 0.6 is 0 Å². The first-order chi connectivity index (χ1) is 12.0. The number of hydrogen-bond donors (Lipinski definition) is 2. The molecule has 0 bridgehead atoms. The maximum Gasteiger partial charge on any atom is 0.292 e. The van der Waals surface area contributed by atoms with E-state index >= 15 is 0 Å². The molecule has 2 aromatic rings. The summed E-state index contributed by atoms with van der Waals surface area (Å²) < 4.78 is 0. The number of benzene rings is 2. The molecular weight excluding hydrogens is 324 g/mol. The van der Waals surface area contributed by atoms with Crippen LogP contribution in [-0.4, -0.2) is 29.3 Å². The zero-order valence-electron chi connectivity index (χ0n) is 13.2. The third-order valence-corrected chi connectivity index (χ3v) is 4.07. The number of carbonyl (C=O) groups excluding carboxylic acids is 2. The standard InChI is InChI=1S/C17H16N4O4/c18-13-7-6-11(10-15(13)21(24)25)16(22)19-14-8-9-20(17(14)23)12-4-2-1-3-5-12/h1-7,10,14H,8-9,18H2,(H,19,22)/t14-/m1/s1. The minimum absolute atomic E-state index is 0.0197. The van der Waals surface area contributed by atoms with Gasteiger partial charge >= 0.3 is 0 Å². The van der Waals surface area contributed by atoms with Gasteiger partial charge in [-0.3, -0.25) is 19.7 Å². The highest BCUT2D eigenvalue weighted by molar-refractivity contribution is 6.04. The first kappa shape index (κ1) is 16.4. The van der Waals surface area contributed by atoms with Gasteiger partial charge in [0.05, 0.1) is 4.92 Å². The van der Waals surface area contributed by atoms with E-state index in [1.54, 1.807) is 4.90 Å². The molecule has 8 nitrogen and oxygen atoms in total. The van der Waals surface area contributed by atoms with E-state index in [1.165, 1.54) is 12.1 Å². The lowest BCUT2D eigenvalue weighted by molar-refractivity contribution is -0.383. The van der Waals surface area contributed by atoms with Crippen molar-refractivity contribution in [1.82, 2.24) is 5.32 Å². The molecule has 1 saturated heterocycles. The maximum atomic E-state index is 12.5. The van der Waals surface area contributed by atoms with Gasteiger partial charge in [0.25, 0.3) is 11.6 Å². The van der Waals surface area contributed by atoms with Crippen molar-refractivity contribution in [3.8, 4) is 0 Å². The van der Waals surface area contributed by atoms with Crippen LogP contribution in [0, 0.1) is 10.1 Å². The van der Waals surface area contributed by atoms with Crippen LogP contribution in [0.15, 0.2) is 48.5 Å². The normalized spacial score (nSPS) is 16.7. The van der Waals surface area contributed by atoms with Crippen LogP contribution in [0.25, 0.3) is 0 Å². The first-order valence-corrected chi connectivity index (χ1v) is 7.68. The van der Waals surface area contributed by atoms with Crippen LogP contribution in [0.1, 0.15) is 16.8 Å². The monoisotopic (exact) mass is 340 g/mol. The number of nitro benzene ring substituents is 1. The number of carbonyl (C=O) groups is 2. The molecule has 3 N–H and O–H groups in total. The average molecular weight is 340 g/mol. The molecule has 2 amide bonds. The summed E-state index contributed by atoms with van der Waals surface area (Å²) in [7, 11) is 0. The molecule has 0 aliphatic carbocycles. The second-order valence-corrected chi connectivity index (χ2v) is 5.67. The number of hydrogen-bond acceptors (Lipinski definition) is 5. The molecule has 1 aliphatic rings. The highest BCUT2D eigenvalue weighted by Crippen LogP contribution is 2.24. The number of rotatable bonds is 4. The lowest BCUT2D eigenvalue weighted by Crippen LogP contribution is -2.41. The number of nitrogens with two attached hydrogens (primary N) is 1. The van der Waals surface area contributed by atoms with Crippen molar-refractivity contribution in [3.05, 3.63) is 64.2 Å². The molecule has 1 fully saturated rings. The topological polar surface area (TPSA) is 119 Å². The molecule has 3 rings (SSSR count). The summed E-state index contributed by atoms with van der Waals surface area (Å²) in [6, 6.07) is 12.3. The number of nitro groups is 1. The largest absolute Gasteiger partial charge is 0.393 e. The lowest BCUT2D eigenvalue weighted by atomic mass is 10.1. The van der Waals surface area contributed by atoms with Gasteiger partial charge in [0.15, 0.2) is 0 Å². The molecule has 8 heteroatoms. The van der Waals surface area contributed by atoms with Gasteiger partial charge in [0.2, 0.25) is 5.91 Å². The molecule has 1 atom stereocenters. The fourth-order valence-electron chi connectivity index (χ4n) is 2.76. The third kappa shape index (κ3) is 3.27. The summed E-state index contributed by atoms with van der Waals surface area (Å²) in [4.78, 5) is 36.7. The third-order valence-electron chi connectivity index (χ3n) is 4.07. The molecule has 25 heavy (non-hydrogen) atoms. The summed E-state index contributed by atoms with van der Waals surface area (Å²) in [6.07, 6.45) is 0.469. The van der Waals surface area contributed by atoms with Crippen molar-refractivity contribution in [2.45, 2.75) is 12.5 Å². The van der Waals surface area contributed by atoms with E-state index in [0.717, 1.165) is 11.8 Å². The van der Waals surface area contributed by atoms with Crippen molar-refractivity contribution < 1.29 is 14.5 Å². The van der Waals surface area contributed by atoms with E-state index < -0.39 is 16.9 Å². The van der Waals surface area contributed by atoms with Gasteiger partial charge in [0.1, 0.15) is 11.7 Å². The van der Waals surface area contributed by atoms with Crippen molar-refractivity contribution in [3.63, 3.8) is 0 Å². The number of amides is 2. The van der Waals surface area contributed by atoms with Crippen LogP contribution in [0.5, 0.6) is 0 Å². The fraction of sp³-hybridized carbons (Fsp3) is 0.176. The van der Waals surface area contributed by atoms with E-state index in [4.69, 9.17) is 5.73 Å². The van der Waals surface area contributed by atoms with Gasteiger partial charge in [-0.05, 0) is 30.7 Å². The Morgan fingerprint density at radius 2 is 1.96 bits per heavy atom. The Morgan fingerprint density at radius 3 is 2.64 bits per heavy atom. The minimum Gasteiger partial charge on any atom is -0.393 e. The summed E-state index contributed by atoms with van der Waals surface area (Å²) in [5.41, 5.74) is 6.03. The van der Waals surface area contributed by atoms with Crippen molar-refractivity contribution >= 4 is 28.9 Å². The Bertz CT molecular complexity index is 838. The Hall–Kier alpha value is -3.42. The number of nitrogens with zero attached hydrogens (tertiary/aromatic N) is 2. The van der Waals surface area contributed by atoms with E-state index in [-0.39, 0.29) is 22.8 Å². The molecule has 1 aliphatic heterocycles. The Balaban J connectivity index is 1.73. The molecule has 2 aromatic carbocycles. The van der Waals surface area contributed by atoms with Gasteiger partial charge in [-0.25, -0.2) is 0 Å². The van der Waals surface area contributed by atoms with Gasteiger partial charge in [0, 0.05) is 23.9 Å². The Labute approximate surface area is 143 Å². The minimum atomic E-state index is -0.663. The molecular formula is C17H16N4O4. The summed E-state index contributed by atoms with van der Waals surface area (Å²) in [6.45, 7) is 0.496. The van der Waals surface area contributed by atoms with Crippen LogP contribution in [-0.2, 0) is 4.79 Å². The predicted molar refractivity (Wildman–Crippen MR) is 92.2 cm³/mol. The molecule has 0 saturated carbocycles. The summed E-state index contributed by atoms with van der Waals surface area (Å²) in [5, 5.41) is 13.6. The van der Waals surface area contributed by atoms with E-state index in [2.05, 4.69) is 5.32 Å². The molecule has 0 radical (unpaired) electrons. The highest BCUT2D eigenvalue weighted by atomic mass is 16.6. The zero-order chi connectivity index (χ0) is 18.0. The second-order valence-electron chi connectivity index (χ2n) is 5.67. The molecule has 1 heterocycles. The molecule has 0 unspecified atom stereocenters. The van der Waals surface area contributed by atoms with E-state index in [1.807, 2.05) is 30.3 Å². The zero-order valence-corrected chi connectivity index (χ0v) is 13.2. The average Bonchev–Trinajstić information content (AvgIpc) is 2.96. The van der Waals surface area contributed by atoms with Crippen LogP contribution < -0.4 is 16.0 Å². The number of anilines is 2. The summed E-state index contributed by atoms with van der Waals surface area (Å²) >= 11 is 0. The maximum absolute atomic E-state index is 12.5. The van der Waals surface area contributed by atoms with Gasteiger partial charge in [-0.1, -0.05) is 18.2 Å². The second kappa shape index (κ2) is 6.60. The van der Waals surface area contributed by atoms with Crippen LogP contribution in [0.2, 0.25) is 0 Å². The van der Waals surface area contributed by atoms with Gasteiger partial charge in [-0.2, -0.15) is 0 Å². The Morgan fingerprint density at radius 1 is 1.24 bits per heavy atom. The fourth-order valence-corrected chi connectivity index (χ4v) is 2.76. The van der Waals surface area contributed by atoms with Crippen molar-refractivity contribution in [2.24, 2.45) is 0 Å². The van der Waals surface area contributed by atoms with Crippen LogP contribution in [0.3, 0.4) is 0 Å². The summed E-state index contributed by atoms with van der Waals surface area (Å²) in [5.74, 6) is -0.749. The van der Waals surface area contributed by atoms with Gasteiger partial charge < -0.3 is 16.0 Å². The Kier molecular flexibility index (Phi) is 4.34. The van der Waals surface area contributed by atoms with Gasteiger partial charge in [-0.15, -0.1) is 0 Å². The molecule has 128 valence electrons. The smallest absolute Gasteiger partial charge is 0.292 e. The predicted octanol–water partition coefficient (Wildman–Crippen LogP) is 1.71. The number of nitrogens with one attached hydrogen (secondary N) is 1. The quantitative estimate of drug-likeness (QED) is 0.499. The van der Waals surface area contributed by atoms with Crippen molar-refractivity contribution in [1.29, 1.82) is 0 Å².